The Hall–Kier alpha value is -4.25. The third kappa shape index (κ3) is 4.67. The standard InChI is InChI=1S/C20H14N4.C6H7N/c1-2-14-10-16-5-6-18(23-16)12-20-8-7-19(24-20)11-17-4-3-15(22-17)9-13(1)21-14;1-6-4-2-3-5-7-6/h1-12,21,24H;2-5H,1H3. The van der Waals surface area contributed by atoms with Crippen molar-refractivity contribution >= 4 is 46.4 Å². The van der Waals surface area contributed by atoms with Crippen LogP contribution in [-0.2, 0) is 0 Å². The van der Waals surface area contributed by atoms with Gasteiger partial charge >= 0.3 is 0 Å². The van der Waals surface area contributed by atoms with Gasteiger partial charge in [-0.25, -0.2) is 9.97 Å². The molecule has 0 spiro atoms. The van der Waals surface area contributed by atoms with Crippen LogP contribution < -0.4 is 0 Å². The molecule has 4 aromatic heterocycles. The summed E-state index contributed by atoms with van der Waals surface area (Å²) >= 11 is 0. The van der Waals surface area contributed by atoms with Gasteiger partial charge in [0, 0.05) is 34.0 Å². The molecule has 0 aliphatic carbocycles. The lowest BCUT2D eigenvalue weighted by Gasteiger charge is -1.85. The molecule has 5 heteroatoms. The summed E-state index contributed by atoms with van der Waals surface area (Å²) in [6.45, 7) is 1.97. The van der Waals surface area contributed by atoms with E-state index in [1.165, 1.54) is 0 Å². The van der Waals surface area contributed by atoms with Gasteiger partial charge in [0.1, 0.15) is 0 Å². The number of hydrogen-bond acceptors (Lipinski definition) is 3. The normalized spacial score (nSPS) is 11.8. The molecule has 2 aliphatic rings. The Labute approximate surface area is 179 Å². The SMILES string of the molecule is C1=Cc2cc3ccc(cc4nc(cc5ccc(cc1n2)[nH]5)C=C4)[nH]3.Cc1ccccn1. The Balaban J connectivity index is 0.000000250. The van der Waals surface area contributed by atoms with Crippen molar-refractivity contribution in [3.63, 3.8) is 0 Å². The Morgan fingerprint density at radius 2 is 0.968 bits per heavy atom. The second-order valence-corrected chi connectivity index (χ2v) is 7.38. The highest BCUT2D eigenvalue weighted by Crippen LogP contribution is 2.16. The molecule has 0 saturated heterocycles. The molecule has 5 nitrogen and oxygen atoms in total. The molecule has 6 rings (SSSR count). The van der Waals surface area contributed by atoms with E-state index in [4.69, 9.17) is 0 Å². The minimum atomic E-state index is 0.939. The number of pyridine rings is 1. The van der Waals surface area contributed by atoms with Crippen molar-refractivity contribution in [3.05, 3.63) is 101 Å². The molecule has 31 heavy (non-hydrogen) atoms. The van der Waals surface area contributed by atoms with Crippen molar-refractivity contribution in [2.75, 3.05) is 0 Å². The maximum atomic E-state index is 4.63. The molecule has 6 heterocycles. The van der Waals surface area contributed by atoms with Crippen LogP contribution in [0.25, 0.3) is 46.4 Å². The van der Waals surface area contributed by atoms with Gasteiger partial charge in [0.15, 0.2) is 0 Å². The third-order valence-corrected chi connectivity index (χ3v) is 4.85. The fraction of sp³-hybridized carbons (Fsp3) is 0.0385. The van der Waals surface area contributed by atoms with E-state index in [0.717, 1.165) is 50.5 Å². The Bertz CT molecular complexity index is 1260. The van der Waals surface area contributed by atoms with Crippen LogP contribution >= 0.6 is 0 Å². The maximum absolute atomic E-state index is 4.63. The van der Waals surface area contributed by atoms with Crippen LogP contribution in [0.2, 0.25) is 0 Å². The Morgan fingerprint density at radius 1 is 0.548 bits per heavy atom. The van der Waals surface area contributed by atoms with Crippen molar-refractivity contribution in [2.45, 2.75) is 6.92 Å². The molecular weight excluding hydrogens is 382 g/mol. The first kappa shape index (κ1) is 18.8. The number of hydrogen-bond donors (Lipinski definition) is 2. The average molecular weight is 403 g/mol. The number of nitrogens with zero attached hydrogens (tertiary/aromatic N) is 3. The van der Waals surface area contributed by atoms with Crippen molar-refractivity contribution in [1.82, 2.24) is 24.9 Å². The van der Waals surface area contributed by atoms with Crippen molar-refractivity contribution < 1.29 is 0 Å². The number of H-pyrrole nitrogens is 2. The maximum Gasteiger partial charge on any atom is 0.0658 e. The average Bonchev–Trinajstić information content (AvgIpc) is 3.55. The molecule has 0 fully saturated rings. The van der Waals surface area contributed by atoms with Gasteiger partial charge in [-0.2, -0.15) is 0 Å². The predicted octanol–water partition coefficient (Wildman–Crippen LogP) is 6.05. The van der Waals surface area contributed by atoms with Crippen LogP contribution in [0, 0.1) is 6.92 Å². The summed E-state index contributed by atoms with van der Waals surface area (Å²) in [4.78, 5) is 20.0. The second kappa shape index (κ2) is 8.24. The molecular formula is C26H21N5. The molecule has 150 valence electrons. The summed E-state index contributed by atoms with van der Waals surface area (Å²) in [6.07, 6.45) is 9.88. The van der Waals surface area contributed by atoms with Crippen molar-refractivity contribution in [1.29, 1.82) is 0 Å². The van der Waals surface area contributed by atoms with Gasteiger partial charge in [-0.05, 0) is 91.9 Å². The van der Waals surface area contributed by atoms with E-state index < -0.39 is 0 Å². The van der Waals surface area contributed by atoms with Crippen LogP contribution in [-0.4, -0.2) is 24.9 Å². The van der Waals surface area contributed by atoms with E-state index in [0.29, 0.717) is 0 Å². The minimum absolute atomic E-state index is 0.939. The van der Waals surface area contributed by atoms with Crippen LogP contribution in [0.5, 0.6) is 0 Å². The number of aromatic nitrogens is 5. The Kier molecular flexibility index (Phi) is 4.99. The molecule has 0 unspecified atom stereocenters. The lowest BCUT2D eigenvalue weighted by Crippen LogP contribution is -1.75. The summed E-state index contributed by atoms with van der Waals surface area (Å²) in [7, 11) is 0. The van der Waals surface area contributed by atoms with E-state index in [-0.39, 0.29) is 0 Å². The zero-order chi connectivity index (χ0) is 21.0. The fourth-order valence-electron chi connectivity index (χ4n) is 3.39. The number of fused-ring (bicyclic) bond motifs is 8. The zero-order valence-corrected chi connectivity index (χ0v) is 17.1. The molecule has 0 atom stereocenters. The summed E-state index contributed by atoms with van der Waals surface area (Å²) < 4.78 is 0. The van der Waals surface area contributed by atoms with Crippen LogP contribution in [0.4, 0.5) is 0 Å². The van der Waals surface area contributed by atoms with Gasteiger partial charge in [0.25, 0.3) is 0 Å². The molecule has 2 N–H and O–H groups in total. The molecule has 8 bridgehead atoms. The first-order valence-electron chi connectivity index (χ1n) is 10.1. The summed E-state index contributed by atoms with van der Waals surface area (Å²) in [5.41, 5.74) is 8.93. The van der Waals surface area contributed by atoms with Gasteiger partial charge < -0.3 is 9.97 Å². The van der Waals surface area contributed by atoms with Gasteiger partial charge in [0.05, 0.1) is 22.8 Å². The number of aryl methyl sites for hydroxylation is 1. The first-order chi connectivity index (χ1) is 15.2. The smallest absolute Gasteiger partial charge is 0.0658 e. The van der Waals surface area contributed by atoms with Gasteiger partial charge in [0.2, 0.25) is 0 Å². The highest BCUT2D eigenvalue weighted by atomic mass is 14.8. The lowest BCUT2D eigenvalue weighted by atomic mass is 10.3. The number of rotatable bonds is 0. The predicted molar refractivity (Wildman–Crippen MR) is 128 cm³/mol. The quantitative estimate of drug-likeness (QED) is 0.324. The van der Waals surface area contributed by atoms with Crippen LogP contribution in [0.15, 0.2) is 72.9 Å². The van der Waals surface area contributed by atoms with Gasteiger partial charge in [-0.3, -0.25) is 4.98 Å². The van der Waals surface area contributed by atoms with E-state index in [9.17, 15) is 0 Å². The van der Waals surface area contributed by atoms with Crippen molar-refractivity contribution in [3.8, 4) is 0 Å². The van der Waals surface area contributed by atoms with Crippen LogP contribution in [0.3, 0.4) is 0 Å². The van der Waals surface area contributed by atoms with E-state index in [1.807, 2.05) is 73.7 Å². The first-order valence-corrected chi connectivity index (χ1v) is 10.1. The third-order valence-electron chi connectivity index (χ3n) is 4.85. The van der Waals surface area contributed by atoms with Gasteiger partial charge in [-0.1, -0.05) is 6.07 Å². The lowest BCUT2D eigenvalue weighted by molar-refractivity contribution is 1.20. The highest BCUT2D eigenvalue weighted by molar-refractivity contribution is 5.77. The van der Waals surface area contributed by atoms with E-state index >= 15 is 0 Å². The summed E-state index contributed by atoms with van der Waals surface area (Å²) in [5, 5.41) is 0. The largest absolute Gasteiger partial charge is 0.355 e. The highest BCUT2D eigenvalue weighted by Gasteiger charge is 2.01. The molecule has 0 amide bonds. The van der Waals surface area contributed by atoms with Crippen LogP contribution in [0.1, 0.15) is 28.5 Å². The second-order valence-electron chi connectivity index (χ2n) is 7.38. The minimum Gasteiger partial charge on any atom is -0.355 e. The number of aromatic amines is 2. The topological polar surface area (TPSA) is 70.2 Å². The monoisotopic (exact) mass is 403 g/mol. The summed E-state index contributed by atoms with van der Waals surface area (Å²) in [6, 6.07) is 22.2. The van der Waals surface area contributed by atoms with E-state index in [1.54, 1.807) is 6.20 Å². The molecule has 0 aromatic carbocycles. The number of nitrogens with one attached hydrogen (secondary N) is 2. The fourth-order valence-corrected chi connectivity index (χ4v) is 3.39. The molecule has 0 saturated carbocycles. The molecule has 0 radical (unpaired) electrons. The molecule has 4 aromatic rings. The Morgan fingerprint density at radius 3 is 1.26 bits per heavy atom. The van der Waals surface area contributed by atoms with Crippen molar-refractivity contribution in [2.24, 2.45) is 0 Å². The molecule has 2 aliphatic heterocycles. The van der Waals surface area contributed by atoms with Gasteiger partial charge in [-0.15, -0.1) is 0 Å². The van der Waals surface area contributed by atoms with E-state index in [2.05, 4.69) is 49.2 Å². The zero-order valence-electron chi connectivity index (χ0n) is 17.1. The summed E-state index contributed by atoms with van der Waals surface area (Å²) in [5.74, 6) is 0.